The number of fused-ring (bicyclic) bond motifs is 1. The largest absolute Gasteiger partial charge is 0.360 e. The van der Waals surface area contributed by atoms with Gasteiger partial charge in [-0.2, -0.15) is 0 Å². The number of halogens is 2. The van der Waals surface area contributed by atoms with Gasteiger partial charge in [-0.15, -0.1) is 11.3 Å². The van der Waals surface area contributed by atoms with Gasteiger partial charge < -0.3 is 10.6 Å². The lowest BCUT2D eigenvalue weighted by molar-refractivity contribution is 0.0936. The zero-order chi connectivity index (χ0) is 12.7. The highest BCUT2D eigenvalue weighted by molar-refractivity contribution is 9.10. The summed E-state index contributed by atoms with van der Waals surface area (Å²) in [6.07, 6.45) is -0.192. The van der Waals surface area contributed by atoms with E-state index >= 15 is 0 Å². The first-order valence-corrected chi connectivity index (χ1v) is 7.29. The molecule has 0 aliphatic carbocycles. The quantitative estimate of drug-likeness (QED) is 0.821. The van der Waals surface area contributed by atoms with Crippen LogP contribution in [0.1, 0.15) is 21.4 Å². The molecule has 92 valence electrons. The standard InChI is InChI=1S/C12H8BrClN2OS/c13-6-3-10(18-5-6)11-15-9-2-1-7(14)4-8(9)12(17)16-11/h1-5,11,15H,(H,16,17). The molecule has 18 heavy (non-hydrogen) atoms. The van der Waals surface area contributed by atoms with Gasteiger partial charge >= 0.3 is 0 Å². The van der Waals surface area contributed by atoms with Gasteiger partial charge in [0.05, 0.1) is 5.56 Å². The number of hydrogen-bond donors (Lipinski definition) is 2. The van der Waals surface area contributed by atoms with E-state index < -0.39 is 0 Å². The average molecular weight is 344 g/mol. The Hall–Kier alpha value is -1.04. The second-order valence-corrected chi connectivity index (χ2v) is 6.20. The van der Waals surface area contributed by atoms with Crippen LogP contribution in [0.25, 0.3) is 0 Å². The molecule has 2 N–H and O–H groups in total. The maximum absolute atomic E-state index is 12.0. The highest BCUT2D eigenvalue weighted by Crippen LogP contribution is 2.32. The van der Waals surface area contributed by atoms with Crippen LogP contribution in [0.2, 0.25) is 5.02 Å². The number of thiophene rings is 1. The molecule has 3 nitrogen and oxygen atoms in total. The number of rotatable bonds is 1. The Morgan fingerprint density at radius 3 is 2.83 bits per heavy atom. The van der Waals surface area contributed by atoms with E-state index in [4.69, 9.17) is 11.6 Å². The molecule has 0 saturated heterocycles. The van der Waals surface area contributed by atoms with E-state index in [0.717, 1.165) is 15.0 Å². The van der Waals surface area contributed by atoms with Crippen molar-refractivity contribution in [3.63, 3.8) is 0 Å². The summed E-state index contributed by atoms with van der Waals surface area (Å²) in [5.41, 5.74) is 1.38. The first kappa shape index (κ1) is 12.0. The van der Waals surface area contributed by atoms with Crippen LogP contribution in [0.15, 0.2) is 34.1 Å². The van der Waals surface area contributed by atoms with Crippen molar-refractivity contribution in [2.24, 2.45) is 0 Å². The minimum Gasteiger partial charge on any atom is -0.360 e. The summed E-state index contributed by atoms with van der Waals surface area (Å²) in [5, 5.41) is 8.74. The number of amides is 1. The molecule has 1 aromatic heterocycles. The van der Waals surface area contributed by atoms with E-state index in [9.17, 15) is 4.79 Å². The molecular weight excluding hydrogens is 336 g/mol. The van der Waals surface area contributed by atoms with Crippen molar-refractivity contribution in [2.45, 2.75) is 6.17 Å². The number of anilines is 1. The van der Waals surface area contributed by atoms with Crippen LogP contribution in [0.5, 0.6) is 0 Å². The number of benzene rings is 1. The number of carbonyl (C=O) groups excluding carboxylic acids is 1. The molecule has 2 aromatic rings. The Kier molecular flexibility index (Phi) is 3.05. The predicted molar refractivity (Wildman–Crippen MR) is 77.3 cm³/mol. The Morgan fingerprint density at radius 1 is 1.28 bits per heavy atom. The molecular formula is C12H8BrClN2OS. The molecule has 1 unspecified atom stereocenters. The van der Waals surface area contributed by atoms with Gasteiger partial charge in [0, 0.05) is 25.4 Å². The van der Waals surface area contributed by atoms with Gasteiger partial charge in [0.1, 0.15) is 6.17 Å². The van der Waals surface area contributed by atoms with Crippen LogP contribution in [-0.2, 0) is 0 Å². The Bertz CT molecular complexity index is 628. The fourth-order valence-corrected chi connectivity index (χ4v) is 3.47. The molecule has 1 aromatic carbocycles. The van der Waals surface area contributed by atoms with Crippen molar-refractivity contribution < 1.29 is 4.79 Å². The van der Waals surface area contributed by atoms with E-state index in [1.54, 1.807) is 23.5 Å². The minimum atomic E-state index is -0.192. The molecule has 0 radical (unpaired) electrons. The third-order valence-electron chi connectivity index (χ3n) is 2.67. The van der Waals surface area contributed by atoms with Crippen LogP contribution in [0.4, 0.5) is 5.69 Å². The average Bonchev–Trinajstić information content (AvgIpc) is 2.77. The van der Waals surface area contributed by atoms with E-state index in [-0.39, 0.29) is 12.1 Å². The van der Waals surface area contributed by atoms with Crippen LogP contribution in [-0.4, -0.2) is 5.91 Å². The summed E-state index contributed by atoms with van der Waals surface area (Å²) in [7, 11) is 0. The zero-order valence-electron chi connectivity index (χ0n) is 9.04. The summed E-state index contributed by atoms with van der Waals surface area (Å²) in [5.74, 6) is -0.110. The predicted octanol–water partition coefficient (Wildman–Crippen LogP) is 4.02. The monoisotopic (exact) mass is 342 g/mol. The Morgan fingerprint density at radius 2 is 2.11 bits per heavy atom. The highest BCUT2D eigenvalue weighted by atomic mass is 79.9. The van der Waals surface area contributed by atoms with E-state index in [0.29, 0.717) is 10.6 Å². The fraction of sp³-hybridized carbons (Fsp3) is 0.0833. The topological polar surface area (TPSA) is 41.1 Å². The van der Waals surface area contributed by atoms with Gasteiger partial charge in [0.2, 0.25) is 0 Å². The van der Waals surface area contributed by atoms with Crippen LogP contribution in [0, 0.1) is 0 Å². The van der Waals surface area contributed by atoms with Crippen molar-refractivity contribution >= 4 is 50.5 Å². The molecule has 3 rings (SSSR count). The molecule has 0 spiro atoms. The molecule has 0 bridgehead atoms. The number of nitrogens with one attached hydrogen (secondary N) is 2. The van der Waals surface area contributed by atoms with Crippen molar-refractivity contribution in [1.29, 1.82) is 0 Å². The van der Waals surface area contributed by atoms with Crippen LogP contribution >= 0.6 is 38.9 Å². The minimum absolute atomic E-state index is 0.110. The third-order valence-corrected chi connectivity index (χ3v) is 4.67. The molecule has 0 saturated carbocycles. The fourth-order valence-electron chi connectivity index (χ4n) is 1.85. The summed E-state index contributed by atoms with van der Waals surface area (Å²) in [6.45, 7) is 0. The summed E-state index contributed by atoms with van der Waals surface area (Å²) >= 11 is 10.9. The molecule has 2 heterocycles. The van der Waals surface area contributed by atoms with E-state index in [1.807, 2.05) is 17.5 Å². The molecule has 1 atom stereocenters. The molecule has 6 heteroatoms. The normalized spacial score (nSPS) is 17.9. The first-order valence-electron chi connectivity index (χ1n) is 5.24. The molecule has 1 amide bonds. The molecule has 0 fully saturated rings. The highest BCUT2D eigenvalue weighted by Gasteiger charge is 2.25. The molecule has 1 aliphatic heterocycles. The van der Waals surface area contributed by atoms with Crippen molar-refractivity contribution in [2.75, 3.05) is 5.32 Å². The lowest BCUT2D eigenvalue weighted by atomic mass is 10.1. The summed E-state index contributed by atoms with van der Waals surface area (Å²) in [6, 6.07) is 7.25. The molecule has 1 aliphatic rings. The van der Waals surface area contributed by atoms with Gasteiger partial charge in [-0.3, -0.25) is 4.79 Å². The first-order chi connectivity index (χ1) is 8.63. The van der Waals surface area contributed by atoms with Gasteiger partial charge in [-0.25, -0.2) is 0 Å². The van der Waals surface area contributed by atoms with Crippen molar-refractivity contribution in [3.8, 4) is 0 Å². The van der Waals surface area contributed by atoms with E-state index in [1.165, 1.54) is 0 Å². The second-order valence-electron chi connectivity index (χ2n) is 3.91. The van der Waals surface area contributed by atoms with Gasteiger partial charge in [0.25, 0.3) is 5.91 Å². The second kappa shape index (κ2) is 4.57. The SMILES string of the molecule is O=C1NC(c2cc(Br)cs2)Nc2ccc(Cl)cc21. The Balaban J connectivity index is 1.96. The number of carbonyl (C=O) groups is 1. The van der Waals surface area contributed by atoms with Gasteiger partial charge in [-0.05, 0) is 40.2 Å². The lowest BCUT2D eigenvalue weighted by Crippen LogP contribution is -2.37. The maximum atomic E-state index is 12.0. The van der Waals surface area contributed by atoms with Crippen molar-refractivity contribution in [1.82, 2.24) is 5.32 Å². The van der Waals surface area contributed by atoms with Gasteiger partial charge in [0.15, 0.2) is 0 Å². The van der Waals surface area contributed by atoms with Gasteiger partial charge in [-0.1, -0.05) is 11.6 Å². The maximum Gasteiger partial charge on any atom is 0.255 e. The van der Waals surface area contributed by atoms with Crippen LogP contribution < -0.4 is 10.6 Å². The smallest absolute Gasteiger partial charge is 0.255 e. The number of hydrogen-bond acceptors (Lipinski definition) is 3. The summed E-state index contributed by atoms with van der Waals surface area (Å²) in [4.78, 5) is 13.1. The third kappa shape index (κ3) is 2.13. The van der Waals surface area contributed by atoms with Crippen LogP contribution in [0.3, 0.4) is 0 Å². The summed E-state index contributed by atoms with van der Waals surface area (Å²) < 4.78 is 1.01. The zero-order valence-corrected chi connectivity index (χ0v) is 12.2. The van der Waals surface area contributed by atoms with Crippen molar-refractivity contribution in [3.05, 3.63) is 49.6 Å². The van der Waals surface area contributed by atoms with E-state index in [2.05, 4.69) is 26.6 Å². The lowest BCUT2D eigenvalue weighted by Gasteiger charge is -2.27. The Labute approximate surface area is 121 Å².